The van der Waals surface area contributed by atoms with Crippen molar-refractivity contribution >= 4 is 17.5 Å². The Bertz CT molecular complexity index is 978. The Labute approximate surface area is 162 Å². The van der Waals surface area contributed by atoms with E-state index in [-0.39, 0.29) is 11.8 Å². The maximum absolute atomic E-state index is 12.6. The number of anilines is 1. The fourth-order valence-corrected chi connectivity index (χ4v) is 3.04. The van der Waals surface area contributed by atoms with Gasteiger partial charge in [-0.1, -0.05) is 24.3 Å². The molecule has 2 heterocycles. The Hall–Kier alpha value is -3.45. The second-order valence-corrected chi connectivity index (χ2v) is 6.42. The van der Waals surface area contributed by atoms with Crippen LogP contribution in [-0.2, 0) is 4.74 Å². The van der Waals surface area contributed by atoms with Crippen LogP contribution >= 0.6 is 0 Å². The molecule has 0 aliphatic carbocycles. The van der Waals surface area contributed by atoms with Crippen LogP contribution in [0.15, 0.2) is 66.9 Å². The molecule has 0 saturated carbocycles. The van der Waals surface area contributed by atoms with Gasteiger partial charge in [-0.2, -0.15) is 5.10 Å². The van der Waals surface area contributed by atoms with Crippen molar-refractivity contribution in [3.05, 3.63) is 78.1 Å². The molecule has 7 heteroatoms. The number of aromatic nitrogens is 2. The van der Waals surface area contributed by atoms with Crippen molar-refractivity contribution in [2.75, 3.05) is 31.6 Å². The smallest absolute Gasteiger partial charge is 0.276 e. The van der Waals surface area contributed by atoms with E-state index in [0.717, 1.165) is 5.69 Å². The average Bonchev–Trinajstić information content (AvgIpc) is 3.25. The van der Waals surface area contributed by atoms with Gasteiger partial charge in [0.1, 0.15) is 0 Å². The molecule has 0 unspecified atom stereocenters. The Morgan fingerprint density at radius 3 is 2.54 bits per heavy atom. The summed E-state index contributed by atoms with van der Waals surface area (Å²) in [5.41, 5.74) is 2.27. The van der Waals surface area contributed by atoms with Crippen molar-refractivity contribution in [2.24, 2.45) is 0 Å². The summed E-state index contributed by atoms with van der Waals surface area (Å²) in [5.74, 6) is -0.390. The summed E-state index contributed by atoms with van der Waals surface area (Å²) in [6, 6.07) is 18.2. The number of para-hydroxylation sites is 1. The van der Waals surface area contributed by atoms with Crippen molar-refractivity contribution in [3.63, 3.8) is 0 Å². The van der Waals surface area contributed by atoms with Crippen LogP contribution < -0.4 is 5.32 Å². The molecule has 4 rings (SSSR count). The first-order valence-corrected chi connectivity index (χ1v) is 9.10. The zero-order valence-electron chi connectivity index (χ0n) is 15.2. The van der Waals surface area contributed by atoms with Crippen LogP contribution in [0.1, 0.15) is 20.8 Å². The van der Waals surface area contributed by atoms with E-state index in [1.165, 1.54) is 0 Å². The zero-order chi connectivity index (χ0) is 19.3. The van der Waals surface area contributed by atoms with E-state index < -0.39 is 0 Å². The summed E-state index contributed by atoms with van der Waals surface area (Å²) in [4.78, 5) is 26.9. The SMILES string of the molecule is O=C(Nc1cccc(C(=O)N2CCOCC2)c1)c1ccn(-c2ccccc2)n1. The van der Waals surface area contributed by atoms with Gasteiger partial charge in [0.05, 0.1) is 18.9 Å². The van der Waals surface area contributed by atoms with E-state index >= 15 is 0 Å². The summed E-state index contributed by atoms with van der Waals surface area (Å²) in [7, 11) is 0. The standard InChI is InChI=1S/C21H20N4O3/c26-20(19-9-10-25(23-19)18-7-2-1-3-8-18)22-17-6-4-5-16(15-17)21(27)24-11-13-28-14-12-24/h1-10,15H,11-14H2,(H,22,26). The lowest BCUT2D eigenvalue weighted by atomic mass is 10.1. The fourth-order valence-electron chi connectivity index (χ4n) is 3.04. The highest BCUT2D eigenvalue weighted by molar-refractivity contribution is 6.03. The molecule has 1 aliphatic heterocycles. The van der Waals surface area contributed by atoms with E-state index in [0.29, 0.717) is 43.2 Å². The van der Waals surface area contributed by atoms with E-state index in [1.807, 2.05) is 30.3 Å². The first-order chi connectivity index (χ1) is 13.7. The molecule has 7 nitrogen and oxygen atoms in total. The van der Waals surface area contributed by atoms with Crippen molar-refractivity contribution < 1.29 is 14.3 Å². The highest BCUT2D eigenvalue weighted by Gasteiger charge is 2.19. The van der Waals surface area contributed by atoms with Crippen molar-refractivity contribution in [2.45, 2.75) is 0 Å². The number of benzene rings is 2. The number of ether oxygens (including phenoxy) is 1. The Morgan fingerprint density at radius 2 is 1.75 bits per heavy atom. The maximum Gasteiger partial charge on any atom is 0.276 e. The van der Waals surface area contributed by atoms with E-state index in [2.05, 4.69) is 10.4 Å². The van der Waals surface area contributed by atoms with Crippen LogP contribution in [0.5, 0.6) is 0 Å². The van der Waals surface area contributed by atoms with Gasteiger partial charge in [0.25, 0.3) is 11.8 Å². The number of hydrogen-bond donors (Lipinski definition) is 1. The lowest BCUT2D eigenvalue weighted by Gasteiger charge is -2.27. The van der Waals surface area contributed by atoms with Crippen LogP contribution in [0, 0.1) is 0 Å². The predicted octanol–water partition coefficient (Wildman–Crippen LogP) is 2.60. The number of carbonyl (C=O) groups excluding carboxylic acids is 2. The summed E-state index contributed by atoms with van der Waals surface area (Å²) in [5, 5.41) is 7.13. The molecule has 2 amide bonds. The second-order valence-electron chi connectivity index (χ2n) is 6.42. The quantitative estimate of drug-likeness (QED) is 0.759. The monoisotopic (exact) mass is 376 g/mol. The number of nitrogens with zero attached hydrogens (tertiary/aromatic N) is 3. The van der Waals surface area contributed by atoms with Gasteiger partial charge in [0.15, 0.2) is 5.69 Å². The van der Waals surface area contributed by atoms with Crippen molar-refractivity contribution in [1.82, 2.24) is 14.7 Å². The van der Waals surface area contributed by atoms with E-state index in [9.17, 15) is 9.59 Å². The minimum Gasteiger partial charge on any atom is -0.378 e. The second kappa shape index (κ2) is 8.06. The summed E-state index contributed by atoms with van der Waals surface area (Å²) >= 11 is 0. The largest absolute Gasteiger partial charge is 0.378 e. The fraction of sp³-hybridized carbons (Fsp3) is 0.190. The highest BCUT2D eigenvalue weighted by Crippen LogP contribution is 2.15. The lowest BCUT2D eigenvalue weighted by Crippen LogP contribution is -2.40. The number of hydrogen-bond acceptors (Lipinski definition) is 4. The molecule has 0 bridgehead atoms. The minimum absolute atomic E-state index is 0.0623. The average molecular weight is 376 g/mol. The van der Waals surface area contributed by atoms with Gasteiger partial charge in [0, 0.05) is 30.5 Å². The van der Waals surface area contributed by atoms with Crippen molar-refractivity contribution in [1.29, 1.82) is 0 Å². The third-order valence-electron chi connectivity index (χ3n) is 4.51. The van der Waals surface area contributed by atoms with Crippen LogP contribution in [0.3, 0.4) is 0 Å². The molecule has 142 valence electrons. The molecule has 1 fully saturated rings. The van der Waals surface area contributed by atoms with Gasteiger partial charge < -0.3 is 15.0 Å². The van der Waals surface area contributed by atoms with Gasteiger partial charge in [-0.25, -0.2) is 4.68 Å². The van der Waals surface area contributed by atoms with Gasteiger partial charge >= 0.3 is 0 Å². The van der Waals surface area contributed by atoms with Crippen LogP contribution in [-0.4, -0.2) is 52.8 Å². The molecule has 28 heavy (non-hydrogen) atoms. The van der Waals surface area contributed by atoms with E-state index in [1.54, 1.807) is 46.1 Å². The molecule has 1 aliphatic rings. The van der Waals surface area contributed by atoms with Gasteiger partial charge in [-0.15, -0.1) is 0 Å². The van der Waals surface area contributed by atoms with Crippen LogP contribution in [0.2, 0.25) is 0 Å². The van der Waals surface area contributed by atoms with Crippen LogP contribution in [0.25, 0.3) is 5.69 Å². The number of amides is 2. The number of carbonyl (C=O) groups is 2. The molecule has 1 aromatic heterocycles. The number of rotatable bonds is 4. The minimum atomic E-state index is -0.328. The Balaban J connectivity index is 1.46. The first-order valence-electron chi connectivity index (χ1n) is 9.10. The summed E-state index contributed by atoms with van der Waals surface area (Å²) in [6.07, 6.45) is 1.74. The number of nitrogens with one attached hydrogen (secondary N) is 1. The molecule has 2 aromatic carbocycles. The molecule has 1 N–H and O–H groups in total. The highest BCUT2D eigenvalue weighted by atomic mass is 16.5. The summed E-state index contributed by atoms with van der Waals surface area (Å²) < 4.78 is 6.93. The molecular formula is C21H20N4O3. The lowest BCUT2D eigenvalue weighted by molar-refractivity contribution is 0.0303. The topological polar surface area (TPSA) is 76.5 Å². The third-order valence-corrected chi connectivity index (χ3v) is 4.51. The van der Waals surface area contributed by atoms with Crippen molar-refractivity contribution in [3.8, 4) is 5.69 Å². The Kier molecular flexibility index (Phi) is 5.16. The zero-order valence-corrected chi connectivity index (χ0v) is 15.2. The maximum atomic E-state index is 12.6. The number of morpholine rings is 1. The van der Waals surface area contributed by atoms with Gasteiger partial charge in [-0.3, -0.25) is 9.59 Å². The molecule has 0 radical (unpaired) electrons. The molecule has 1 saturated heterocycles. The molecule has 0 spiro atoms. The predicted molar refractivity (Wildman–Crippen MR) is 105 cm³/mol. The normalized spacial score (nSPS) is 13.9. The Morgan fingerprint density at radius 1 is 0.964 bits per heavy atom. The van der Waals surface area contributed by atoms with E-state index in [4.69, 9.17) is 4.74 Å². The molecular weight excluding hydrogens is 356 g/mol. The molecule has 0 atom stereocenters. The van der Waals surface area contributed by atoms with Crippen LogP contribution in [0.4, 0.5) is 5.69 Å². The molecule has 3 aromatic rings. The summed E-state index contributed by atoms with van der Waals surface area (Å²) in [6.45, 7) is 2.25. The van der Waals surface area contributed by atoms with Gasteiger partial charge in [0.2, 0.25) is 0 Å². The first kappa shape index (κ1) is 17.9. The van der Waals surface area contributed by atoms with Gasteiger partial charge in [-0.05, 0) is 36.4 Å². The third kappa shape index (κ3) is 3.94.